The molecule has 0 fully saturated rings. The Bertz CT molecular complexity index is 503. The largest absolute Gasteiger partial charge is 0.481 e. The molecule has 1 aromatic carbocycles. The number of rotatable bonds is 6. The first-order valence-corrected chi connectivity index (χ1v) is 6.89. The molecule has 3 N–H and O–H groups in total. The molecule has 116 valence electrons. The number of nitrogens with one attached hydrogen (secondary N) is 2. The van der Waals surface area contributed by atoms with Crippen molar-refractivity contribution in [2.45, 2.75) is 20.3 Å². The molecule has 0 aromatic heterocycles. The highest BCUT2D eigenvalue weighted by atomic mass is 35.5. The SMILES string of the molecule is CC(C)CC(CNC(=O)Nc1cc(F)cc(Cl)c1)C(=O)O. The first-order valence-electron chi connectivity index (χ1n) is 6.51. The molecule has 0 saturated carbocycles. The van der Waals surface area contributed by atoms with E-state index in [9.17, 15) is 14.0 Å². The van der Waals surface area contributed by atoms with Gasteiger partial charge in [0.1, 0.15) is 5.82 Å². The van der Waals surface area contributed by atoms with Crippen molar-refractivity contribution in [1.82, 2.24) is 5.32 Å². The summed E-state index contributed by atoms with van der Waals surface area (Å²) in [5.74, 6) is -1.98. The van der Waals surface area contributed by atoms with Gasteiger partial charge in [0.25, 0.3) is 0 Å². The van der Waals surface area contributed by atoms with Crippen LogP contribution in [-0.2, 0) is 4.79 Å². The van der Waals surface area contributed by atoms with Crippen LogP contribution in [-0.4, -0.2) is 23.7 Å². The molecule has 1 unspecified atom stereocenters. The third-order valence-corrected chi connectivity index (χ3v) is 2.95. The number of carboxylic acids is 1. The van der Waals surface area contributed by atoms with Gasteiger partial charge in [-0.3, -0.25) is 4.79 Å². The van der Waals surface area contributed by atoms with Crippen LogP contribution < -0.4 is 10.6 Å². The number of urea groups is 1. The van der Waals surface area contributed by atoms with Crippen molar-refractivity contribution in [3.8, 4) is 0 Å². The zero-order valence-electron chi connectivity index (χ0n) is 11.8. The maximum Gasteiger partial charge on any atom is 0.319 e. The van der Waals surface area contributed by atoms with E-state index >= 15 is 0 Å². The molecule has 7 heteroatoms. The van der Waals surface area contributed by atoms with Gasteiger partial charge in [0.2, 0.25) is 0 Å². The summed E-state index contributed by atoms with van der Waals surface area (Å²) in [7, 11) is 0. The minimum absolute atomic E-state index is 0.00238. The van der Waals surface area contributed by atoms with E-state index in [1.807, 2.05) is 13.8 Å². The highest BCUT2D eigenvalue weighted by Gasteiger charge is 2.19. The van der Waals surface area contributed by atoms with Crippen LogP contribution in [0.1, 0.15) is 20.3 Å². The molecule has 0 saturated heterocycles. The van der Waals surface area contributed by atoms with Crippen LogP contribution in [0, 0.1) is 17.7 Å². The molecule has 0 heterocycles. The number of carboxylic acid groups (broad SMARTS) is 1. The summed E-state index contributed by atoms with van der Waals surface area (Å²) in [5, 5.41) is 14.1. The van der Waals surface area contributed by atoms with Crippen molar-refractivity contribution in [3.05, 3.63) is 29.0 Å². The smallest absolute Gasteiger partial charge is 0.319 e. The quantitative estimate of drug-likeness (QED) is 0.753. The number of hydrogen-bond donors (Lipinski definition) is 3. The average Bonchev–Trinajstić information content (AvgIpc) is 2.32. The van der Waals surface area contributed by atoms with Crippen LogP contribution in [0.25, 0.3) is 0 Å². The molecule has 1 atom stereocenters. The highest BCUT2D eigenvalue weighted by Crippen LogP contribution is 2.18. The van der Waals surface area contributed by atoms with E-state index in [-0.39, 0.29) is 23.2 Å². The van der Waals surface area contributed by atoms with Crippen molar-refractivity contribution in [3.63, 3.8) is 0 Å². The molecular formula is C14H18ClFN2O3. The number of amides is 2. The standard InChI is InChI=1S/C14H18ClFN2O3/c1-8(2)3-9(13(19)20)7-17-14(21)18-12-5-10(15)4-11(16)6-12/h4-6,8-9H,3,7H2,1-2H3,(H,19,20)(H2,17,18,21). The average molecular weight is 317 g/mol. The van der Waals surface area contributed by atoms with Gasteiger partial charge in [0.05, 0.1) is 5.92 Å². The minimum atomic E-state index is -0.960. The summed E-state index contributed by atoms with van der Waals surface area (Å²) in [4.78, 5) is 22.7. The number of carbonyl (C=O) groups is 2. The van der Waals surface area contributed by atoms with Crippen LogP contribution >= 0.6 is 11.6 Å². The Labute approximate surface area is 127 Å². The van der Waals surface area contributed by atoms with E-state index in [1.54, 1.807) is 0 Å². The number of benzene rings is 1. The topological polar surface area (TPSA) is 78.4 Å². The molecule has 21 heavy (non-hydrogen) atoms. The zero-order chi connectivity index (χ0) is 16.0. The van der Waals surface area contributed by atoms with Crippen LogP contribution in [0.15, 0.2) is 18.2 Å². The van der Waals surface area contributed by atoms with Crippen molar-refractivity contribution < 1.29 is 19.1 Å². The van der Waals surface area contributed by atoms with E-state index in [0.29, 0.717) is 6.42 Å². The normalized spacial score (nSPS) is 12.0. The lowest BCUT2D eigenvalue weighted by Crippen LogP contribution is -2.36. The summed E-state index contributed by atoms with van der Waals surface area (Å²) in [6.45, 7) is 3.82. The van der Waals surface area contributed by atoms with Gasteiger partial charge in [0, 0.05) is 17.3 Å². The van der Waals surface area contributed by atoms with Gasteiger partial charge in [-0.2, -0.15) is 0 Å². The van der Waals surface area contributed by atoms with Gasteiger partial charge in [-0.1, -0.05) is 25.4 Å². The summed E-state index contributed by atoms with van der Waals surface area (Å²) in [6.07, 6.45) is 0.460. The Morgan fingerprint density at radius 1 is 1.33 bits per heavy atom. The summed E-state index contributed by atoms with van der Waals surface area (Å²) < 4.78 is 13.1. The number of anilines is 1. The lowest BCUT2D eigenvalue weighted by atomic mass is 9.97. The Hall–Kier alpha value is -1.82. The molecule has 5 nitrogen and oxygen atoms in total. The Kier molecular flexibility index (Phi) is 6.42. The number of hydrogen-bond acceptors (Lipinski definition) is 2. The van der Waals surface area contributed by atoms with E-state index in [0.717, 1.165) is 12.1 Å². The third-order valence-electron chi connectivity index (χ3n) is 2.73. The molecule has 0 aliphatic heterocycles. The molecule has 0 bridgehead atoms. The minimum Gasteiger partial charge on any atom is -0.481 e. The highest BCUT2D eigenvalue weighted by molar-refractivity contribution is 6.30. The maximum atomic E-state index is 13.1. The van der Waals surface area contributed by atoms with Gasteiger partial charge in [-0.25, -0.2) is 9.18 Å². The number of halogens is 2. The Morgan fingerprint density at radius 3 is 2.52 bits per heavy atom. The van der Waals surface area contributed by atoms with Crippen molar-refractivity contribution in [2.24, 2.45) is 11.8 Å². The van der Waals surface area contributed by atoms with Gasteiger partial charge in [-0.05, 0) is 30.5 Å². The first-order chi connectivity index (χ1) is 9.77. The Balaban J connectivity index is 2.54. The monoisotopic (exact) mass is 316 g/mol. The lowest BCUT2D eigenvalue weighted by Gasteiger charge is -2.15. The lowest BCUT2D eigenvalue weighted by molar-refractivity contribution is -0.142. The summed E-state index contributed by atoms with van der Waals surface area (Å²) >= 11 is 5.67. The van der Waals surface area contributed by atoms with Gasteiger partial charge in [-0.15, -0.1) is 0 Å². The number of carbonyl (C=O) groups excluding carboxylic acids is 1. The molecule has 2 amide bonds. The second-order valence-corrected chi connectivity index (χ2v) is 5.59. The van der Waals surface area contributed by atoms with E-state index < -0.39 is 23.7 Å². The van der Waals surface area contributed by atoms with E-state index in [2.05, 4.69) is 10.6 Å². The third kappa shape index (κ3) is 6.44. The van der Waals surface area contributed by atoms with E-state index in [1.165, 1.54) is 6.07 Å². The molecule has 0 aliphatic rings. The van der Waals surface area contributed by atoms with Gasteiger partial charge < -0.3 is 15.7 Å². The maximum absolute atomic E-state index is 13.1. The molecule has 1 aromatic rings. The molecule has 0 aliphatic carbocycles. The molecule has 0 spiro atoms. The molecule has 0 radical (unpaired) electrons. The second-order valence-electron chi connectivity index (χ2n) is 5.16. The number of aliphatic carboxylic acids is 1. The predicted octanol–water partition coefficient (Wildman–Crippen LogP) is 3.35. The van der Waals surface area contributed by atoms with Crippen LogP contribution in [0.5, 0.6) is 0 Å². The van der Waals surface area contributed by atoms with Gasteiger partial charge >= 0.3 is 12.0 Å². The van der Waals surface area contributed by atoms with E-state index in [4.69, 9.17) is 16.7 Å². The summed E-state index contributed by atoms with van der Waals surface area (Å²) in [5.41, 5.74) is 0.202. The van der Waals surface area contributed by atoms with Crippen LogP contribution in [0.4, 0.5) is 14.9 Å². The van der Waals surface area contributed by atoms with Crippen LogP contribution in [0.2, 0.25) is 5.02 Å². The second kappa shape index (κ2) is 7.83. The van der Waals surface area contributed by atoms with Crippen molar-refractivity contribution in [1.29, 1.82) is 0 Å². The fraction of sp³-hybridized carbons (Fsp3) is 0.429. The summed E-state index contributed by atoms with van der Waals surface area (Å²) in [6, 6.07) is 3.03. The Morgan fingerprint density at radius 2 is 2.00 bits per heavy atom. The van der Waals surface area contributed by atoms with Crippen molar-refractivity contribution >= 4 is 29.3 Å². The zero-order valence-corrected chi connectivity index (χ0v) is 12.6. The van der Waals surface area contributed by atoms with Gasteiger partial charge in [0.15, 0.2) is 0 Å². The predicted molar refractivity (Wildman–Crippen MR) is 79.0 cm³/mol. The van der Waals surface area contributed by atoms with Crippen LogP contribution in [0.3, 0.4) is 0 Å². The fourth-order valence-electron chi connectivity index (χ4n) is 1.86. The molecular weight excluding hydrogens is 299 g/mol. The van der Waals surface area contributed by atoms with Crippen molar-refractivity contribution in [2.75, 3.05) is 11.9 Å². The first kappa shape index (κ1) is 17.2. The molecule has 1 rings (SSSR count). The fourth-order valence-corrected chi connectivity index (χ4v) is 2.08.